The lowest BCUT2D eigenvalue weighted by molar-refractivity contribution is 0.0516. The van der Waals surface area contributed by atoms with Gasteiger partial charge < -0.3 is 64.6 Å². The van der Waals surface area contributed by atoms with E-state index in [1.807, 2.05) is 0 Å². The summed E-state index contributed by atoms with van der Waals surface area (Å²) < 4.78 is 102. The van der Waals surface area contributed by atoms with Crippen LogP contribution in [0.5, 0.6) is 28.7 Å². The fourth-order valence-electron chi connectivity index (χ4n) is 10.2. The molecule has 664 valence electrons. The van der Waals surface area contributed by atoms with E-state index in [1.165, 1.54) is 84.9 Å². The average Bonchev–Trinajstić information content (AvgIpc) is 0.820. The number of hydrogen-bond donors (Lipinski definition) is 3. The number of carbonyl (C=O) groups is 3. The largest absolute Gasteiger partial charge is 0.482 e. The zero-order chi connectivity index (χ0) is 91.9. The molecule has 0 bridgehead atoms. The van der Waals surface area contributed by atoms with Crippen LogP contribution < -0.4 is 54.8 Å². The predicted molar refractivity (Wildman–Crippen MR) is 478 cm³/mol. The van der Waals surface area contributed by atoms with Gasteiger partial charge in [-0.3, -0.25) is 9.78 Å². The highest BCUT2D eigenvalue weighted by Gasteiger charge is 2.29. The monoisotopic (exact) mass is 1970 g/mol. The third kappa shape index (κ3) is 29.0. The number of carboxylic acid groups (broad SMARTS) is 1. The zero-order valence-corrected chi connectivity index (χ0v) is 76.7. The van der Waals surface area contributed by atoms with E-state index < -0.39 is 76.8 Å². The summed E-state index contributed by atoms with van der Waals surface area (Å²) in [6.45, 7) is 10.2. The number of nitrogens with two attached hydrogens (primary N) is 2. The van der Waals surface area contributed by atoms with Crippen LogP contribution in [0, 0.1) is 29.1 Å². The number of benzene rings is 5. The molecular weight excluding hydrogens is 1900 g/mol. The molecule has 124 heavy (non-hydrogen) atoms. The number of rotatable bonds is 23. The minimum absolute atomic E-state index is 0. The molecule has 11 rings (SSSR count). The smallest absolute Gasteiger partial charge is 0.358 e. The average molecular weight is 1980 g/mol. The van der Waals surface area contributed by atoms with E-state index in [1.54, 1.807) is 142 Å². The molecule has 0 aliphatic heterocycles. The lowest BCUT2D eigenvalue weighted by Gasteiger charge is -2.21. The van der Waals surface area contributed by atoms with Gasteiger partial charge in [0.05, 0.1) is 31.7 Å². The van der Waals surface area contributed by atoms with Gasteiger partial charge in [0.1, 0.15) is 65.3 Å². The van der Waals surface area contributed by atoms with Gasteiger partial charge in [0.2, 0.25) is 0 Å². The second-order valence-electron chi connectivity index (χ2n) is 25.8. The van der Waals surface area contributed by atoms with Crippen LogP contribution in [0.1, 0.15) is 139 Å². The maximum absolute atomic E-state index is 13.8. The number of aromatic carboxylic acids is 1. The van der Waals surface area contributed by atoms with Crippen LogP contribution in [-0.2, 0) is 4.74 Å². The van der Waals surface area contributed by atoms with Crippen molar-refractivity contribution in [2.24, 2.45) is 0 Å². The first kappa shape index (κ1) is 105. The van der Waals surface area contributed by atoms with Crippen LogP contribution in [0.15, 0.2) is 116 Å². The van der Waals surface area contributed by atoms with Crippen molar-refractivity contribution >= 4 is 203 Å². The van der Waals surface area contributed by atoms with E-state index in [0.29, 0.717) is 56.3 Å². The van der Waals surface area contributed by atoms with Crippen molar-refractivity contribution in [3.8, 4) is 28.7 Å². The number of carboxylic acids is 1. The molecular formula is C79H77Cl13F5N17O10. The third-order valence-corrected chi connectivity index (χ3v) is 20.1. The Morgan fingerprint density at radius 3 is 0.919 bits per heavy atom. The predicted octanol–water partition coefficient (Wildman–Crippen LogP) is 23.0. The summed E-state index contributed by atoms with van der Waals surface area (Å²) in [5.41, 5.74) is 12.9. The fourth-order valence-corrected chi connectivity index (χ4v) is 13.9. The van der Waals surface area contributed by atoms with Gasteiger partial charge >= 0.3 is 11.9 Å². The molecule has 11 aromatic rings. The Morgan fingerprint density at radius 1 is 0.379 bits per heavy atom. The van der Waals surface area contributed by atoms with Gasteiger partial charge in [-0.25, -0.2) is 31.5 Å². The van der Waals surface area contributed by atoms with Crippen LogP contribution >= 0.6 is 151 Å². The molecule has 0 aliphatic carbocycles. The van der Waals surface area contributed by atoms with Crippen LogP contribution in [0.4, 0.5) is 56.7 Å². The molecule has 27 nitrogen and oxygen atoms in total. The van der Waals surface area contributed by atoms with Gasteiger partial charge in [-0.1, -0.05) is 147 Å². The number of nitrogen functional groups attached to an aromatic ring is 2. The highest BCUT2D eigenvalue weighted by Crippen LogP contribution is 2.43. The van der Waals surface area contributed by atoms with Gasteiger partial charge in [-0.2, -0.15) is 0 Å². The molecule has 6 heterocycles. The summed E-state index contributed by atoms with van der Waals surface area (Å²) in [5.74, 6) is -1.95. The van der Waals surface area contributed by atoms with E-state index >= 15 is 0 Å². The van der Waals surface area contributed by atoms with E-state index in [-0.39, 0.29) is 121 Å². The van der Waals surface area contributed by atoms with Crippen molar-refractivity contribution in [3.63, 3.8) is 0 Å². The highest BCUT2D eigenvalue weighted by atomic mass is 35.5. The minimum Gasteiger partial charge on any atom is -0.482 e. The van der Waals surface area contributed by atoms with Crippen molar-refractivity contribution < 1.29 is 69.9 Å². The molecule has 5 N–H and O–H groups in total. The number of nitrogens with zero attached hydrogens (tertiary/aromatic N) is 15. The highest BCUT2D eigenvalue weighted by molar-refractivity contribution is 6.67. The standard InChI is InChI=1S/C17H18Cl2FN3O3.C15H13Cl3FN3O2.C15H14Cl2FN3O3.C14H13Cl3FN3O.C12H9Cl3FN3O.C5H6N2.CH4/c1-5-25-17(24)12-8-13(16(22-21-12)23(3)4)26-9(2)14-10(18)6-7-11(20)15(14)19;1-7(12-8(16)4-5-9(19)13(12)17)24-11-6-10(14(18)23)20-21-15(11)22(2)3;1-7(12-8(16)4-5-9(18)13(12)17)24-11-6-10(15(22)23)19-20-14(11)21(2)3;1-7(12-8(15)4-5-9(18)13(12)17)22-10-6-11(16)19-20-14(10)21(2)3;1-5(10-6(13)2-3-7(16)11(10)15)20-8-4-9(14)18-19-12(8)17;6-5-1-3-7-4-2-5;/h6-9H,5H2,1-4H3;4-7H,1-3H3;4-7H,1-3H3,(H,22,23);4-7H,1-3H3;2-5H,1H3,(H2,17,19);1-4H,(H2,6,7);1H4. The molecule has 0 fully saturated rings. The minimum atomic E-state index is -1.24. The van der Waals surface area contributed by atoms with E-state index in [0.717, 1.165) is 11.8 Å². The second kappa shape index (κ2) is 48.8. The Bertz CT molecular complexity index is 5420. The topological polar surface area (TPSA) is 334 Å². The lowest BCUT2D eigenvalue weighted by atomic mass is 10.1. The van der Waals surface area contributed by atoms with Crippen LogP contribution in [0.2, 0.25) is 60.5 Å². The first-order valence-electron chi connectivity index (χ1n) is 35.2. The van der Waals surface area contributed by atoms with Crippen LogP contribution in [0.25, 0.3) is 0 Å². The number of hydrogen-bond acceptors (Lipinski definition) is 26. The molecule has 0 amide bonds. The first-order valence-corrected chi connectivity index (χ1v) is 40.1. The van der Waals surface area contributed by atoms with E-state index in [9.17, 15) is 36.3 Å². The molecule has 5 aromatic carbocycles. The van der Waals surface area contributed by atoms with Crippen molar-refractivity contribution in [3.05, 3.63) is 250 Å². The van der Waals surface area contributed by atoms with Crippen molar-refractivity contribution in [2.75, 3.05) is 94.1 Å². The fraction of sp³-hybridized carbons (Fsp3) is 0.266. The Morgan fingerprint density at radius 2 is 0.637 bits per heavy atom. The Labute approximate surface area is 775 Å². The first-order chi connectivity index (χ1) is 57.8. The molecule has 45 heteroatoms. The molecule has 5 unspecified atom stereocenters. The quantitative estimate of drug-likeness (QED) is 0.0232. The number of aromatic nitrogens is 11. The number of anilines is 6. The van der Waals surface area contributed by atoms with Gasteiger partial charge in [0.15, 0.2) is 79.5 Å². The van der Waals surface area contributed by atoms with E-state index in [2.05, 4.69) is 56.0 Å². The zero-order valence-electron chi connectivity index (χ0n) is 66.9. The summed E-state index contributed by atoms with van der Waals surface area (Å²) in [7, 11) is 13.9. The summed E-state index contributed by atoms with van der Waals surface area (Å²) in [5, 5.41) is 47.2. The van der Waals surface area contributed by atoms with Gasteiger partial charge in [-0.15, -0.1) is 51.0 Å². The third-order valence-electron chi connectivity index (χ3n) is 15.9. The lowest BCUT2D eigenvalue weighted by Crippen LogP contribution is -2.17. The van der Waals surface area contributed by atoms with E-state index in [4.69, 9.17) is 196 Å². The number of ether oxygens (including phenoxy) is 6. The van der Waals surface area contributed by atoms with Crippen LogP contribution in [-0.4, -0.2) is 141 Å². The summed E-state index contributed by atoms with van der Waals surface area (Å²) >= 11 is 77.3. The molecule has 0 aliphatic rings. The summed E-state index contributed by atoms with van der Waals surface area (Å²) in [4.78, 5) is 44.7. The summed E-state index contributed by atoms with van der Waals surface area (Å²) in [6, 6.07) is 23.3. The van der Waals surface area contributed by atoms with Gasteiger partial charge in [0, 0.05) is 158 Å². The van der Waals surface area contributed by atoms with Crippen molar-refractivity contribution in [2.45, 2.75) is 79.5 Å². The molecule has 0 radical (unpaired) electrons. The molecule has 0 spiro atoms. The maximum Gasteiger partial charge on any atom is 0.358 e. The van der Waals surface area contributed by atoms with Gasteiger partial charge in [-0.05, 0) is 126 Å². The second-order valence-corrected chi connectivity index (χ2v) is 30.8. The Kier molecular flexibility index (Phi) is 41.4. The van der Waals surface area contributed by atoms with Crippen molar-refractivity contribution in [1.82, 2.24) is 56.0 Å². The van der Waals surface area contributed by atoms with Gasteiger partial charge in [0.25, 0.3) is 5.24 Å². The Hall–Kier alpha value is -9.52. The molecule has 6 aromatic heterocycles. The van der Waals surface area contributed by atoms with Crippen LogP contribution in [0.3, 0.4) is 0 Å². The summed E-state index contributed by atoms with van der Waals surface area (Å²) in [6.07, 6.45) is -0.0799. The number of pyridine rings is 1. The van der Waals surface area contributed by atoms with Crippen molar-refractivity contribution in [1.29, 1.82) is 0 Å². The molecule has 0 saturated heterocycles. The number of esters is 1. The molecule has 5 atom stereocenters. The number of carbonyl (C=O) groups excluding carboxylic acids is 2. The Balaban J connectivity index is 0.000000269. The number of halogens is 18. The molecule has 0 saturated carbocycles. The SMILES string of the molecule is C.CC(Oc1cc(C(=O)Cl)nnc1N(C)C)c1c(Cl)ccc(F)c1Cl.CC(Oc1cc(C(=O)O)nnc1N(C)C)c1c(Cl)ccc(F)c1Cl.CC(Oc1cc(Cl)nnc1N(C)C)c1c(Cl)ccc(F)c1Cl.CC(Oc1cc(Cl)nnc1N)c1c(Cl)ccc(F)c1Cl.CCOC(=O)c1cc(OC(C)c2c(Cl)ccc(F)c2Cl)c(N(C)C)nn1.Nc1ccncc1. The normalized spacial score (nSPS) is 11.7. The maximum atomic E-state index is 13.8.